The van der Waals surface area contributed by atoms with E-state index in [1.807, 2.05) is 6.07 Å². The highest BCUT2D eigenvalue weighted by Crippen LogP contribution is 2.21. The number of rotatable bonds is 6. The van der Waals surface area contributed by atoms with Gasteiger partial charge in [0.1, 0.15) is 12.4 Å². The van der Waals surface area contributed by atoms with Gasteiger partial charge in [-0.05, 0) is 20.0 Å². The number of likely N-dealkylation sites (N-methyl/N-ethyl adjacent to an activating group) is 1. The number of hydrogen-bond acceptors (Lipinski definition) is 8. The van der Waals surface area contributed by atoms with Crippen molar-refractivity contribution in [1.82, 2.24) is 24.8 Å². The lowest BCUT2D eigenvalue weighted by atomic mass is 10.1. The number of pyridine rings is 1. The summed E-state index contributed by atoms with van der Waals surface area (Å²) in [4.78, 5) is 17.6. The van der Waals surface area contributed by atoms with E-state index in [0.29, 0.717) is 35.3 Å². The second-order valence-corrected chi connectivity index (χ2v) is 6.52. The Morgan fingerprint density at radius 3 is 2.70 bits per heavy atom. The zero-order valence-corrected chi connectivity index (χ0v) is 18.0. The Labute approximate surface area is 178 Å². The van der Waals surface area contributed by atoms with E-state index in [1.54, 1.807) is 25.5 Å². The predicted octanol–water partition coefficient (Wildman–Crippen LogP) is 2.00. The highest BCUT2D eigenvalue weighted by molar-refractivity contribution is 14.0. The highest BCUT2D eigenvalue weighted by atomic mass is 127. The Hall–Kier alpha value is -1.85. The van der Waals surface area contributed by atoms with Gasteiger partial charge in [0, 0.05) is 57.2 Å². The van der Waals surface area contributed by atoms with Gasteiger partial charge in [-0.3, -0.25) is 9.88 Å². The smallest absolute Gasteiger partial charge is 0.232 e. The molecule has 0 radical (unpaired) electrons. The normalized spacial score (nSPS) is 15.2. The van der Waals surface area contributed by atoms with Gasteiger partial charge in [-0.15, -0.1) is 24.0 Å². The average Bonchev–Trinajstić information content (AvgIpc) is 2.64. The van der Waals surface area contributed by atoms with Crippen LogP contribution in [0.4, 0.5) is 5.82 Å². The highest BCUT2D eigenvalue weighted by Gasteiger charge is 2.13. The van der Waals surface area contributed by atoms with Gasteiger partial charge in [-0.1, -0.05) is 0 Å². The topological polar surface area (TPSA) is 104 Å². The van der Waals surface area contributed by atoms with Crippen molar-refractivity contribution in [3.63, 3.8) is 0 Å². The summed E-state index contributed by atoms with van der Waals surface area (Å²) >= 11 is 0. The molecule has 27 heavy (non-hydrogen) atoms. The van der Waals surface area contributed by atoms with E-state index in [-0.39, 0.29) is 25.4 Å². The van der Waals surface area contributed by atoms with E-state index >= 15 is 0 Å². The van der Waals surface area contributed by atoms with Gasteiger partial charge >= 0.3 is 0 Å². The fourth-order valence-electron chi connectivity index (χ4n) is 2.82. The number of nitrogens with one attached hydrogen (secondary N) is 1. The minimum atomic E-state index is 0. The van der Waals surface area contributed by atoms with Crippen LogP contribution in [0.2, 0.25) is 0 Å². The zero-order valence-electron chi connectivity index (χ0n) is 15.7. The number of anilines is 1. The molecule has 1 fully saturated rings. The van der Waals surface area contributed by atoms with Gasteiger partial charge in [0.05, 0.1) is 18.1 Å². The number of hydrogen-bond donors (Lipinski definition) is 2. The van der Waals surface area contributed by atoms with Crippen LogP contribution in [0.15, 0.2) is 24.7 Å². The summed E-state index contributed by atoms with van der Waals surface area (Å²) in [5.41, 5.74) is 8.20. The third kappa shape index (κ3) is 5.81. The Kier molecular flexibility index (Phi) is 7.87. The molecule has 0 spiro atoms. The minimum Gasteiger partial charge on any atom is -0.475 e. The van der Waals surface area contributed by atoms with E-state index < -0.39 is 0 Å². The van der Waals surface area contributed by atoms with Gasteiger partial charge in [0.25, 0.3) is 0 Å². The first-order valence-corrected chi connectivity index (χ1v) is 8.70. The van der Waals surface area contributed by atoms with E-state index in [9.17, 15) is 0 Å². The summed E-state index contributed by atoms with van der Waals surface area (Å²) < 4.78 is 5.78. The maximum atomic E-state index is 7.79. The van der Waals surface area contributed by atoms with Crippen LogP contribution < -0.4 is 10.5 Å². The van der Waals surface area contributed by atoms with Gasteiger partial charge in [-0.25, -0.2) is 9.97 Å². The van der Waals surface area contributed by atoms with Crippen LogP contribution in [-0.4, -0.2) is 76.8 Å². The van der Waals surface area contributed by atoms with Crippen molar-refractivity contribution in [2.24, 2.45) is 0 Å². The molecule has 2 aromatic rings. The van der Waals surface area contributed by atoms with Crippen LogP contribution in [0.3, 0.4) is 0 Å². The quantitative estimate of drug-likeness (QED) is 0.477. The molecule has 148 valence electrons. The van der Waals surface area contributed by atoms with Crippen molar-refractivity contribution < 1.29 is 6.16 Å². The molecule has 3 N–H and O–H groups in total. The van der Waals surface area contributed by atoms with Crippen LogP contribution >= 0.6 is 24.0 Å². The van der Waals surface area contributed by atoms with Gasteiger partial charge in [-0.2, -0.15) is 0 Å². The molecule has 3 rings (SSSR count). The number of ether oxygens (including phenoxy) is 1. The summed E-state index contributed by atoms with van der Waals surface area (Å²) in [7, 11) is 2.15. The average molecular weight is 485 g/mol. The number of nitrogens with zero attached hydrogens (tertiary/aromatic N) is 5. The van der Waals surface area contributed by atoms with Crippen LogP contribution in [-0.2, 0) is 0 Å². The fraction of sp³-hybridized carbons (Fsp3) is 0.444. The first-order valence-electron chi connectivity index (χ1n) is 8.70. The van der Waals surface area contributed by atoms with Gasteiger partial charge < -0.3 is 20.8 Å². The number of nitrogens with two attached hydrogens (primary N) is 1. The SMILES string of the molecule is CC(=N)c1cc(-c2cncc(OCCN3CCN(C)CC3)n2)cnc1N.I.[HH]. The molecule has 9 heteroatoms. The third-order valence-corrected chi connectivity index (χ3v) is 4.48. The largest absolute Gasteiger partial charge is 0.475 e. The zero-order chi connectivity index (χ0) is 18.5. The molecule has 1 aliphatic rings. The second kappa shape index (κ2) is 9.90. The first-order chi connectivity index (χ1) is 12.5. The summed E-state index contributed by atoms with van der Waals surface area (Å²) in [5.74, 6) is 0.829. The monoisotopic (exact) mass is 485 g/mol. The van der Waals surface area contributed by atoms with Crippen molar-refractivity contribution in [3.8, 4) is 17.1 Å². The number of halogens is 1. The van der Waals surface area contributed by atoms with Crippen molar-refractivity contribution in [2.45, 2.75) is 6.92 Å². The summed E-state index contributed by atoms with van der Waals surface area (Å²) in [5, 5.41) is 7.79. The molecular formula is C18H28IN7O. The molecule has 0 saturated carbocycles. The summed E-state index contributed by atoms with van der Waals surface area (Å²) in [6.07, 6.45) is 4.91. The van der Waals surface area contributed by atoms with Gasteiger partial charge in [0.2, 0.25) is 5.88 Å². The molecule has 0 bridgehead atoms. The lowest BCUT2D eigenvalue weighted by Gasteiger charge is -2.32. The maximum absolute atomic E-state index is 7.79. The van der Waals surface area contributed by atoms with Crippen molar-refractivity contribution in [3.05, 3.63) is 30.2 Å². The molecule has 0 aliphatic carbocycles. The van der Waals surface area contributed by atoms with Crippen LogP contribution in [0, 0.1) is 5.41 Å². The van der Waals surface area contributed by atoms with Crippen LogP contribution in [0.1, 0.15) is 13.9 Å². The molecule has 0 atom stereocenters. The number of piperazine rings is 1. The van der Waals surface area contributed by atoms with Gasteiger partial charge in [0.15, 0.2) is 0 Å². The predicted molar refractivity (Wildman–Crippen MR) is 119 cm³/mol. The molecular weight excluding hydrogens is 457 g/mol. The first kappa shape index (κ1) is 21.5. The van der Waals surface area contributed by atoms with E-state index in [2.05, 4.69) is 31.8 Å². The van der Waals surface area contributed by atoms with Crippen molar-refractivity contribution in [1.29, 1.82) is 5.41 Å². The van der Waals surface area contributed by atoms with Crippen LogP contribution in [0.5, 0.6) is 5.88 Å². The molecule has 0 aromatic carbocycles. The summed E-state index contributed by atoms with van der Waals surface area (Å²) in [6, 6.07) is 1.81. The standard InChI is InChI=1S/C18H25N7O.HI.H2/c1-13(19)15-9-14(10-22-18(15)20)16-11-21-12-17(23-16)26-8-7-25-5-3-24(2)4-6-25;;/h9-12,19H,3-8H2,1-2H3,(H2,20,22);2*1H. The molecule has 1 saturated heterocycles. The van der Waals surface area contributed by atoms with Crippen molar-refractivity contribution in [2.75, 3.05) is 52.1 Å². The Balaban J connectivity index is 0.00000196. The van der Waals surface area contributed by atoms with E-state index in [4.69, 9.17) is 15.9 Å². The number of nitrogen functional groups attached to an aromatic ring is 1. The second-order valence-electron chi connectivity index (χ2n) is 6.52. The lowest BCUT2D eigenvalue weighted by molar-refractivity contribution is 0.132. The third-order valence-electron chi connectivity index (χ3n) is 4.48. The van der Waals surface area contributed by atoms with Crippen molar-refractivity contribution >= 4 is 35.5 Å². The molecule has 0 unspecified atom stereocenters. The molecule has 3 heterocycles. The molecule has 0 amide bonds. The van der Waals surface area contributed by atoms with E-state index in [1.165, 1.54) is 0 Å². The Morgan fingerprint density at radius 1 is 1.26 bits per heavy atom. The Morgan fingerprint density at radius 2 is 2.00 bits per heavy atom. The lowest BCUT2D eigenvalue weighted by Crippen LogP contribution is -2.45. The summed E-state index contributed by atoms with van der Waals surface area (Å²) in [6.45, 7) is 7.44. The van der Waals surface area contributed by atoms with Crippen LogP contribution in [0.25, 0.3) is 11.3 Å². The number of aromatic nitrogens is 3. The maximum Gasteiger partial charge on any atom is 0.232 e. The fourth-order valence-corrected chi connectivity index (χ4v) is 2.82. The molecule has 1 aliphatic heterocycles. The molecule has 2 aromatic heterocycles. The molecule has 8 nitrogen and oxygen atoms in total. The minimum absolute atomic E-state index is 0. The Bertz CT molecular complexity index is 784. The van der Waals surface area contributed by atoms with E-state index in [0.717, 1.165) is 38.3 Å².